The number of anilines is 2. The predicted molar refractivity (Wildman–Crippen MR) is 135 cm³/mol. The number of carbonyl (C=O) groups is 1. The summed E-state index contributed by atoms with van der Waals surface area (Å²) in [5.74, 6) is 0.0543. The second-order valence-corrected chi connectivity index (χ2v) is 11.1. The fourth-order valence-corrected chi connectivity index (χ4v) is 6.34. The molecule has 1 aromatic heterocycles. The van der Waals surface area contributed by atoms with Crippen LogP contribution in [0.15, 0.2) is 47.4 Å². The minimum Gasteiger partial charge on any atom is -0.508 e. The SMILES string of the molecule is Cc1ccc(-c2sc(NC(=O)NC3CCCCC3)nc2C)cc1S(=O)(=O)Nc1ccc(O)cc1. The molecule has 0 atom stereocenters. The molecule has 0 radical (unpaired) electrons. The molecule has 0 saturated heterocycles. The standard InChI is InChI=1S/C24H28N4O4S2/c1-15-8-9-17(14-21(15)34(31,32)28-19-10-12-20(29)13-11-19)22-16(2)25-24(33-22)27-23(30)26-18-6-4-3-5-7-18/h8-14,18,28-29H,3-7H2,1-2H3,(H2,25,26,27,30). The molecule has 1 aliphatic carbocycles. The van der Waals surface area contributed by atoms with E-state index in [9.17, 15) is 18.3 Å². The third kappa shape index (κ3) is 5.68. The number of aromatic nitrogens is 1. The maximum Gasteiger partial charge on any atom is 0.321 e. The van der Waals surface area contributed by atoms with Gasteiger partial charge in [0.15, 0.2) is 5.13 Å². The fourth-order valence-electron chi connectivity index (χ4n) is 4.05. The number of sulfonamides is 1. The molecule has 1 aliphatic rings. The second-order valence-electron chi connectivity index (χ2n) is 8.50. The Hall–Kier alpha value is -3.11. The van der Waals surface area contributed by atoms with Crippen molar-refractivity contribution in [1.29, 1.82) is 0 Å². The highest BCUT2D eigenvalue weighted by Crippen LogP contribution is 2.35. The van der Waals surface area contributed by atoms with Crippen LogP contribution >= 0.6 is 11.3 Å². The topological polar surface area (TPSA) is 120 Å². The Morgan fingerprint density at radius 1 is 1.06 bits per heavy atom. The van der Waals surface area contributed by atoms with Gasteiger partial charge in [-0.05, 0) is 68.1 Å². The van der Waals surface area contributed by atoms with E-state index in [2.05, 4.69) is 20.3 Å². The lowest BCUT2D eigenvalue weighted by atomic mass is 9.96. The molecule has 1 heterocycles. The number of phenols is 1. The van der Waals surface area contributed by atoms with Gasteiger partial charge in [-0.1, -0.05) is 42.7 Å². The molecule has 0 unspecified atom stereocenters. The van der Waals surface area contributed by atoms with Crippen LogP contribution in [-0.4, -0.2) is 30.6 Å². The van der Waals surface area contributed by atoms with Crippen molar-refractivity contribution in [1.82, 2.24) is 10.3 Å². The number of urea groups is 1. The molecular formula is C24H28N4O4S2. The van der Waals surface area contributed by atoms with Crippen LogP contribution in [0.4, 0.5) is 15.6 Å². The highest BCUT2D eigenvalue weighted by molar-refractivity contribution is 7.92. The molecule has 8 nitrogen and oxygen atoms in total. The Morgan fingerprint density at radius 2 is 1.76 bits per heavy atom. The Bertz CT molecular complexity index is 1280. The van der Waals surface area contributed by atoms with Crippen molar-refractivity contribution in [2.24, 2.45) is 0 Å². The zero-order valence-corrected chi connectivity index (χ0v) is 20.7. The average Bonchev–Trinajstić information content (AvgIpc) is 3.15. The van der Waals surface area contributed by atoms with Crippen LogP contribution in [0.5, 0.6) is 5.75 Å². The summed E-state index contributed by atoms with van der Waals surface area (Å²) in [6.07, 6.45) is 5.47. The van der Waals surface area contributed by atoms with E-state index in [4.69, 9.17) is 0 Å². The molecule has 10 heteroatoms. The molecule has 34 heavy (non-hydrogen) atoms. The van der Waals surface area contributed by atoms with E-state index in [1.165, 1.54) is 42.0 Å². The van der Waals surface area contributed by atoms with Crippen molar-refractivity contribution in [2.75, 3.05) is 10.0 Å². The summed E-state index contributed by atoms with van der Waals surface area (Å²) in [6, 6.07) is 11.0. The summed E-state index contributed by atoms with van der Waals surface area (Å²) in [4.78, 5) is 17.8. The number of aryl methyl sites for hydroxylation is 2. The Balaban J connectivity index is 1.53. The number of nitrogens with one attached hydrogen (secondary N) is 3. The minimum absolute atomic E-state index is 0.0543. The monoisotopic (exact) mass is 500 g/mol. The number of thiazole rings is 1. The molecular weight excluding hydrogens is 472 g/mol. The van der Waals surface area contributed by atoms with Crippen LogP contribution in [0, 0.1) is 13.8 Å². The van der Waals surface area contributed by atoms with Gasteiger partial charge in [0.2, 0.25) is 0 Å². The second kappa shape index (κ2) is 10.0. The molecule has 180 valence electrons. The number of hydrogen-bond acceptors (Lipinski definition) is 6. The van der Waals surface area contributed by atoms with Crippen molar-refractivity contribution in [3.63, 3.8) is 0 Å². The molecule has 0 spiro atoms. The summed E-state index contributed by atoms with van der Waals surface area (Å²) < 4.78 is 28.7. The lowest BCUT2D eigenvalue weighted by molar-refractivity contribution is 0.244. The van der Waals surface area contributed by atoms with E-state index in [0.29, 0.717) is 27.6 Å². The molecule has 3 aromatic rings. The minimum atomic E-state index is -3.86. The van der Waals surface area contributed by atoms with Crippen molar-refractivity contribution in [2.45, 2.75) is 56.9 Å². The third-order valence-electron chi connectivity index (χ3n) is 5.82. The van der Waals surface area contributed by atoms with Crippen molar-refractivity contribution in [3.05, 3.63) is 53.7 Å². The first-order chi connectivity index (χ1) is 16.2. The van der Waals surface area contributed by atoms with Gasteiger partial charge in [0.1, 0.15) is 5.75 Å². The van der Waals surface area contributed by atoms with Crippen LogP contribution in [-0.2, 0) is 10.0 Å². The van der Waals surface area contributed by atoms with Crippen LogP contribution < -0.4 is 15.4 Å². The van der Waals surface area contributed by atoms with E-state index in [1.54, 1.807) is 19.1 Å². The predicted octanol–water partition coefficient (Wildman–Crippen LogP) is 5.39. The molecule has 0 bridgehead atoms. The highest BCUT2D eigenvalue weighted by Gasteiger charge is 2.21. The van der Waals surface area contributed by atoms with E-state index in [0.717, 1.165) is 30.6 Å². The van der Waals surface area contributed by atoms with Gasteiger partial charge >= 0.3 is 6.03 Å². The number of benzene rings is 2. The van der Waals surface area contributed by atoms with Crippen LogP contribution in [0.2, 0.25) is 0 Å². The molecule has 2 amide bonds. The van der Waals surface area contributed by atoms with Gasteiger partial charge in [0, 0.05) is 11.7 Å². The first-order valence-corrected chi connectivity index (χ1v) is 13.5. The molecule has 1 saturated carbocycles. The average molecular weight is 501 g/mol. The Kier molecular flexibility index (Phi) is 7.08. The van der Waals surface area contributed by atoms with E-state index in [1.807, 2.05) is 13.0 Å². The Morgan fingerprint density at radius 3 is 2.47 bits per heavy atom. The first kappa shape index (κ1) is 24.0. The van der Waals surface area contributed by atoms with E-state index >= 15 is 0 Å². The Labute approximate surface area is 203 Å². The number of carbonyl (C=O) groups excluding carboxylic acids is 1. The van der Waals surface area contributed by atoms with Gasteiger partial charge in [-0.15, -0.1) is 0 Å². The van der Waals surface area contributed by atoms with Gasteiger partial charge < -0.3 is 10.4 Å². The zero-order chi connectivity index (χ0) is 24.3. The summed E-state index contributed by atoms with van der Waals surface area (Å²) >= 11 is 1.31. The number of aromatic hydroxyl groups is 1. The maximum atomic E-state index is 13.1. The zero-order valence-electron chi connectivity index (χ0n) is 19.1. The number of nitrogens with zero attached hydrogens (tertiary/aromatic N) is 1. The van der Waals surface area contributed by atoms with Gasteiger partial charge in [-0.3, -0.25) is 10.0 Å². The number of hydrogen-bond donors (Lipinski definition) is 4. The smallest absolute Gasteiger partial charge is 0.321 e. The first-order valence-electron chi connectivity index (χ1n) is 11.2. The van der Waals surface area contributed by atoms with Gasteiger partial charge in [-0.2, -0.15) is 0 Å². The van der Waals surface area contributed by atoms with Crippen molar-refractivity contribution < 1.29 is 18.3 Å². The van der Waals surface area contributed by atoms with Gasteiger partial charge in [0.25, 0.3) is 10.0 Å². The largest absolute Gasteiger partial charge is 0.508 e. The van der Waals surface area contributed by atoms with Crippen LogP contribution in [0.25, 0.3) is 10.4 Å². The fraction of sp³-hybridized carbons (Fsp3) is 0.333. The molecule has 2 aromatic carbocycles. The summed E-state index contributed by atoms with van der Waals surface area (Å²) in [5.41, 5.74) is 2.36. The summed E-state index contributed by atoms with van der Waals surface area (Å²) in [7, 11) is -3.86. The van der Waals surface area contributed by atoms with Gasteiger partial charge in [-0.25, -0.2) is 18.2 Å². The summed E-state index contributed by atoms with van der Waals surface area (Å²) in [5, 5.41) is 15.7. The summed E-state index contributed by atoms with van der Waals surface area (Å²) in [6.45, 7) is 3.57. The third-order valence-corrected chi connectivity index (χ3v) is 8.46. The maximum absolute atomic E-state index is 13.1. The molecule has 4 N–H and O–H groups in total. The highest BCUT2D eigenvalue weighted by atomic mass is 32.2. The molecule has 4 rings (SSSR count). The van der Waals surface area contributed by atoms with Crippen LogP contribution in [0.3, 0.4) is 0 Å². The number of rotatable bonds is 6. The van der Waals surface area contributed by atoms with Crippen molar-refractivity contribution >= 4 is 38.2 Å². The number of phenolic OH excluding ortho intramolecular Hbond substituents is 1. The van der Waals surface area contributed by atoms with Gasteiger partial charge in [0.05, 0.1) is 15.5 Å². The van der Waals surface area contributed by atoms with Crippen LogP contribution in [0.1, 0.15) is 43.4 Å². The normalized spacial score (nSPS) is 14.5. The van der Waals surface area contributed by atoms with E-state index < -0.39 is 10.0 Å². The quantitative estimate of drug-likeness (QED) is 0.338. The number of amides is 2. The van der Waals surface area contributed by atoms with E-state index in [-0.39, 0.29) is 22.7 Å². The lowest BCUT2D eigenvalue weighted by Gasteiger charge is -2.22. The van der Waals surface area contributed by atoms with Crippen molar-refractivity contribution in [3.8, 4) is 16.2 Å². The molecule has 0 aliphatic heterocycles. The lowest BCUT2D eigenvalue weighted by Crippen LogP contribution is -2.38. The molecule has 1 fully saturated rings.